The number of para-hydroxylation sites is 1. The molecule has 3 nitrogen and oxygen atoms in total. The maximum atomic E-state index is 12.1. The first kappa shape index (κ1) is 11.9. The van der Waals surface area contributed by atoms with E-state index in [-0.39, 0.29) is 5.78 Å². The predicted molar refractivity (Wildman–Crippen MR) is 76.6 cm³/mol. The monoisotopic (exact) mass is 253 g/mol. The summed E-state index contributed by atoms with van der Waals surface area (Å²) in [4.78, 5) is 14.0. The van der Waals surface area contributed by atoms with E-state index in [1.165, 1.54) is 0 Å². The second kappa shape index (κ2) is 4.52. The summed E-state index contributed by atoms with van der Waals surface area (Å²) in [6, 6.07) is 13.5. The number of fused-ring (bicyclic) bond motifs is 3. The van der Waals surface area contributed by atoms with E-state index in [1.54, 1.807) is 0 Å². The number of rotatable bonds is 3. The van der Waals surface area contributed by atoms with Gasteiger partial charge in [0.2, 0.25) is 0 Å². The number of furan rings is 1. The Hall–Kier alpha value is -2.13. The topological polar surface area (TPSA) is 33.5 Å². The quantitative estimate of drug-likeness (QED) is 0.671. The first-order valence-electron chi connectivity index (χ1n) is 6.24. The van der Waals surface area contributed by atoms with Crippen LogP contribution in [0.15, 0.2) is 46.9 Å². The molecular formula is C16H15NO2. The second-order valence-corrected chi connectivity index (χ2v) is 4.97. The van der Waals surface area contributed by atoms with E-state index in [0.29, 0.717) is 6.54 Å². The Morgan fingerprint density at radius 1 is 1.05 bits per heavy atom. The highest BCUT2D eigenvalue weighted by Crippen LogP contribution is 2.29. The minimum atomic E-state index is 0.122. The van der Waals surface area contributed by atoms with Gasteiger partial charge in [-0.2, -0.15) is 0 Å². The number of ketones is 1. The number of carbonyl (C=O) groups excluding carboxylic acids is 1. The van der Waals surface area contributed by atoms with Gasteiger partial charge in [0.1, 0.15) is 11.2 Å². The lowest BCUT2D eigenvalue weighted by molar-refractivity contribution is 0.0958. The van der Waals surface area contributed by atoms with Gasteiger partial charge in [-0.05, 0) is 38.4 Å². The highest BCUT2D eigenvalue weighted by molar-refractivity contribution is 6.08. The summed E-state index contributed by atoms with van der Waals surface area (Å²) in [5, 5.41) is 2.05. The Kier molecular flexibility index (Phi) is 2.84. The van der Waals surface area contributed by atoms with Crippen molar-refractivity contribution in [3.63, 3.8) is 0 Å². The number of hydrogen-bond acceptors (Lipinski definition) is 3. The van der Waals surface area contributed by atoms with E-state index in [9.17, 15) is 4.79 Å². The highest BCUT2D eigenvalue weighted by atomic mass is 16.3. The van der Waals surface area contributed by atoms with E-state index in [2.05, 4.69) is 0 Å². The van der Waals surface area contributed by atoms with Crippen LogP contribution in [0, 0.1) is 0 Å². The van der Waals surface area contributed by atoms with E-state index < -0.39 is 0 Å². The fraction of sp³-hybridized carbons (Fsp3) is 0.188. The molecule has 0 aliphatic rings. The van der Waals surface area contributed by atoms with Gasteiger partial charge in [0.05, 0.1) is 6.54 Å². The molecule has 1 aromatic heterocycles. The minimum Gasteiger partial charge on any atom is -0.456 e. The number of hydrogen-bond donors (Lipinski definition) is 0. The second-order valence-electron chi connectivity index (χ2n) is 4.97. The van der Waals surface area contributed by atoms with Crippen LogP contribution in [0.5, 0.6) is 0 Å². The predicted octanol–water partition coefficient (Wildman–Crippen LogP) is 3.33. The van der Waals surface area contributed by atoms with Crippen molar-refractivity contribution in [2.45, 2.75) is 0 Å². The van der Waals surface area contributed by atoms with Gasteiger partial charge in [0, 0.05) is 16.3 Å². The van der Waals surface area contributed by atoms with Crippen molar-refractivity contribution >= 4 is 27.7 Å². The van der Waals surface area contributed by atoms with Crippen LogP contribution in [0.4, 0.5) is 0 Å². The molecule has 96 valence electrons. The van der Waals surface area contributed by atoms with Gasteiger partial charge >= 0.3 is 0 Å². The summed E-state index contributed by atoms with van der Waals surface area (Å²) in [6.45, 7) is 0.418. The van der Waals surface area contributed by atoms with Crippen molar-refractivity contribution < 1.29 is 9.21 Å². The maximum absolute atomic E-state index is 12.1. The van der Waals surface area contributed by atoms with Crippen molar-refractivity contribution in [2.75, 3.05) is 20.6 Å². The summed E-state index contributed by atoms with van der Waals surface area (Å²) in [7, 11) is 3.79. The van der Waals surface area contributed by atoms with Gasteiger partial charge in [-0.25, -0.2) is 0 Å². The first-order chi connectivity index (χ1) is 9.15. The van der Waals surface area contributed by atoms with E-state index in [4.69, 9.17) is 4.42 Å². The molecule has 2 aromatic carbocycles. The summed E-state index contributed by atoms with van der Waals surface area (Å²) in [5.41, 5.74) is 2.41. The zero-order valence-corrected chi connectivity index (χ0v) is 11.0. The van der Waals surface area contributed by atoms with Gasteiger partial charge in [-0.15, -0.1) is 0 Å². The zero-order chi connectivity index (χ0) is 13.4. The molecule has 0 aliphatic carbocycles. The van der Waals surface area contributed by atoms with Gasteiger partial charge in [0.15, 0.2) is 5.78 Å². The molecule has 0 bridgehead atoms. The molecule has 0 amide bonds. The van der Waals surface area contributed by atoms with Crippen LogP contribution in [0.25, 0.3) is 21.9 Å². The largest absolute Gasteiger partial charge is 0.456 e. The van der Waals surface area contributed by atoms with Crippen LogP contribution >= 0.6 is 0 Å². The molecule has 3 heteroatoms. The van der Waals surface area contributed by atoms with Crippen LogP contribution in [-0.2, 0) is 0 Å². The molecule has 0 saturated heterocycles. The minimum absolute atomic E-state index is 0.122. The van der Waals surface area contributed by atoms with Crippen molar-refractivity contribution in [3.8, 4) is 0 Å². The molecule has 0 radical (unpaired) electrons. The standard InChI is InChI=1S/C16H15NO2/c1-17(2)10-14(18)11-7-8-16-13(9-11)12-5-3-4-6-15(12)19-16/h3-9H,10H2,1-2H3. The lowest BCUT2D eigenvalue weighted by Crippen LogP contribution is -2.21. The normalized spacial score (nSPS) is 11.5. The third kappa shape index (κ3) is 2.13. The van der Waals surface area contributed by atoms with Crippen LogP contribution in [0.1, 0.15) is 10.4 Å². The number of nitrogens with zero attached hydrogens (tertiary/aromatic N) is 1. The van der Waals surface area contributed by atoms with E-state index in [0.717, 1.165) is 27.5 Å². The van der Waals surface area contributed by atoms with Crippen LogP contribution in [0.2, 0.25) is 0 Å². The molecule has 3 rings (SSSR count). The molecule has 0 unspecified atom stereocenters. The fourth-order valence-electron chi connectivity index (χ4n) is 2.28. The maximum Gasteiger partial charge on any atom is 0.176 e. The van der Waals surface area contributed by atoms with Crippen molar-refractivity contribution in [3.05, 3.63) is 48.0 Å². The van der Waals surface area contributed by atoms with Gasteiger partial charge in [-0.3, -0.25) is 4.79 Å². The summed E-state index contributed by atoms with van der Waals surface area (Å²) >= 11 is 0. The lowest BCUT2D eigenvalue weighted by Gasteiger charge is -2.08. The zero-order valence-electron chi connectivity index (χ0n) is 11.0. The molecular weight excluding hydrogens is 238 g/mol. The number of benzene rings is 2. The lowest BCUT2D eigenvalue weighted by atomic mass is 10.1. The molecule has 19 heavy (non-hydrogen) atoms. The molecule has 3 aromatic rings. The van der Waals surface area contributed by atoms with Crippen LogP contribution in [0.3, 0.4) is 0 Å². The molecule has 0 spiro atoms. The van der Waals surface area contributed by atoms with E-state index >= 15 is 0 Å². The van der Waals surface area contributed by atoms with Gasteiger partial charge < -0.3 is 9.32 Å². The van der Waals surface area contributed by atoms with Crippen LogP contribution in [-0.4, -0.2) is 31.3 Å². The number of Topliss-reactive ketones (excluding diaryl/α,β-unsaturated/α-hetero) is 1. The Morgan fingerprint density at radius 3 is 2.58 bits per heavy atom. The molecule has 0 atom stereocenters. The van der Waals surface area contributed by atoms with Gasteiger partial charge in [0.25, 0.3) is 0 Å². The number of likely N-dealkylation sites (N-methyl/N-ethyl adjacent to an activating group) is 1. The summed E-state index contributed by atoms with van der Waals surface area (Å²) in [5.74, 6) is 0.122. The third-order valence-electron chi connectivity index (χ3n) is 3.16. The first-order valence-corrected chi connectivity index (χ1v) is 6.24. The fourth-order valence-corrected chi connectivity index (χ4v) is 2.28. The molecule has 0 fully saturated rings. The SMILES string of the molecule is CN(C)CC(=O)c1ccc2oc3ccccc3c2c1. The Bertz CT molecular complexity index is 756. The smallest absolute Gasteiger partial charge is 0.176 e. The third-order valence-corrected chi connectivity index (χ3v) is 3.16. The number of carbonyl (C=O) groups is 1. The Morgan fingerprint density at radius 2 is 1.79 bits per heavy atom. The molecule has 0 aliphatic heterocycles. The summed E-state index contributed by atoms with van der Waals surface area (Å²) in [6.07, 6.45) is 0. The summed E-state index contributed by atoms with van der Waals surface area (Å²) < 4.78 is 5.75. The van der Waals surface area contributed by atoms with E-state index in [1.807, 2.05) is 61.5 Å². The highest BCUT2D eigenvalue weighted by Gasteiger charge is 2.11. The van der Waals surface area contributed by atoms with Gasteiger partial charge in [-0.1, -0.05) is 18.2 Å². The Balaban J connectivity index is 2.14. The van der Waals surface area contributed by atoms with Crippen molar-refractivity contribution in [1.82, 2.24) is 4.90 Å². The van der Waals surface area contributed by atoms with Crippen molar-refractivity contribution in [1.29, 1.82) is 0 Å². The van der Waals surface area contributed by atoms with Crippen molar-refractivity contribution in [2.24, 2.45) is 0 Å². The van der Waals surface area contributed by atoms with Crippen LogP contribution < -0.4 is 0 Å². The average Bonchev–Trinajstić information content (AvgIpc) is 2.75. The molecule has 0 N–H and O–H groups in total. The molecule has 1 heterocycles. The average molecular weight is 253 g/mol. The molecule has 0 saturated carbocycles. The Labute approximate surface area is 111 Å².